The van der Waals surface area contributed by atoms with Gasteiger partial charge in [0.2, 0.25) is 0 Å². The lowest BCUT2D eigenvalue weighted by molar-refractivity contribution is 0.422. The van der Waals surface area contributed by atoms with Gasteiger partial charge in [-0.05, 0) is 18.8 Å². The highest BCUT2D eigenvalue weighted by Gasteiger charge is 2.21. The first-order chi connectivity index (χ1) is 5.79. The van der Waals surface area contributed by atoms with Crippen molar-refractivity contribution in [2.24, 2.45) is 5.92 Å². The van der Waals surface area contributed by atoms with E-state index in [1.165, 1.54) is 32.1 Å². The lowest BCUT2D eigenvalue weighted by Gasteiger charge is -2.03. The quantitative estimate of drug-likeness (QED) is 0.421. The van der Waals surface area contributed by atoms with Crippen LogP contribution in [0.2, 0.25) is 0 Å². The summed E-state index contributed by atoms with van der Waals surface area (Å²) in [6, 6.07) is 0. The number of hydrogen-bond acceptors (Lipinski definition) is 1. The van der Waals surface area contributed by atoms with E-state index in [9.17, 15) is 0 Å². The molecule has 0 aliphatic carbocycles. The van der Waals surface area contributed by atoms with Crippen molar-refractivity contribution in [2.45, 2.75) is 52.1 Å². The highest BCUT2D eigenvalue weighted by Crippen LogP contribution is 2.17. The van der Waals surface area contributed by atoms with Crippen LogP contribution in [0.25, 0.3) is 0 Å². The molecule has 1 aliphatic heterocycles. The topological polar surface area (TPSA) is 12.5 Å². The number of hydrogen-bond donors (Lipinski definition) is 0. The standard InChI is InChI=1S/C11H21O/c1-10(2)7-5-3-4-6-8-11-9-12-11/h8,10-11H,3-7,9H2,1-2H3. The zero-order valence-corrected chi connectivity index (χ0v) is 8.38. The zero-order valence-electron chi connectivity index (χ0n) is 8.38. The highest BCUT2D eigenvalue weighted by atomic mass is 16.6. The minimum atomic E-state index is 0.523. The van der Waals surface area contributed by atoms with E-state index >= 15 is 0 Å². The summed E-state index contributed by atoms with van der Waals surface area (Å²) in [5.74, 6) is 0.876. The van der Waals surface area contributed by atoms with Crippen molar-refractivity contribution >= 4 is 0 Å². The van der Waals surface area contributed by atoms with Crippen LogP contribution in [-0.4, -0.2) is 12.7 Å². The minimum absolute atomic E-state index is 0.523. The molecule has 12 heavy (non-hydrogen) atoms. The molecule has 0 N–H and O–H groups in total. The van der Waals surface area contributed by atoms with Crippen LogP contribution < -0.4 is 0 Å². The summed E-state index contributed by atoms with van der Waals surface area (Å²) in [4.78, 5) is 0. The summed E-state index contributed by atoms with van der Waals surface area (Å²) in [7, 11) is 0. The fraction of sp³-hybridized carbons (Fsp3) is 0.909. The normalized spacial score (nSPS) is 21.8. The van der Waals surface area contributed by atoms with Crippen molar-refractivity contribution < 1.29 is 4.74 Å². The summed E-state index contributed by atoms with van der Waals surface area (Å²) < 4.78 is 5.10. The first-order valence-corrected chi connectivity index (χ1v) is 5.24. The van der Waals surface area contributed by atoms with Gasteiger partial charge in [-0.15, -0.1) is 0 Å². The van der Waals surface area contributed by atoms with Crippen LogP contribution in [0.1, 0.15) is 46.0 Å². The average molecular weight is 169 g/mol. The van der Waals surface area contributed by atoms with Crippen molar-refractivity contribution in [3.63, 3.8) is 0 Å². The van der Waals surface area contributed by atoms with Crippen molar-refractivity contribution in [1.29, 1.82) is 0 Å². The van der Waals surface area contributed by atoms with Crippen molar-refractivity contribution in [1.82, 2.24) is 0 Å². The Hall–Kier alpha value is -0.0400. The predicted molar refractivity (Wildman–Crippen MR) is 52.0 cm³/mol. The molecule has 1 aliphatic rings. The fourth-order valence-electron chi connectivity index (χ4n) is 1.37. The maximum absolute atomic E-state index is 5.10. The molecule has 1 unspecified atom stereocenters. The second-order valence-corrected chi connectivity index (χ2v) is 4.14. The van der Waals surface area contributed by atoms with Gasteiger partial charge in [-0.1, -0.05) is 39.5 Å². The molecule has 1 nitrogen and oxygen atoms in total. The third kappa shape index (κ3) is 5.59. The zero-order chi connectivity index (χ0) is 8.81. The van der Waals surface area contributed by atoms with E-state index in [1.54, 1.807) is 0 Å². The third-order valence-corrected chi connectivity index (χ3v) is 2.27. The van der Waals surface area contributed by atoms with Gasteiger partial charge in [0.15, 0.2) is 0 Å². The molecule has 0 bridgehead atoms. The monoisotopic (exact) mass is 169 g/mol. The molecule has 0 aromatic carbocycles. The molecule has 1 fully saturated rings. The number of unbranched alkanes of at least 4 members (excludes halogenated alkanes) is 3. The van der Waals surface area contributed by atoms with Gasteiger partial charge >= 0.3 is 0 Å². The molecular formula is C11H21O. The van der Waals surface area contributed by atoms with Gasteiger partial charge < -0.3 is 4.74 Å². The molecule has 1 atom stereocenters. The maximum atomic E-state index is 5.10. The fourth-order valence-corrected chi connectivity index (χ4v) is 1.37. The van der Waals surface area contributed by atoms with Gasteiger partial charge in [0.1, 0.15) is 0 Å². The average Bonchev–Trinajstić information content (AvgIpc) is 2.79. The van der Waals surface area contributed by atoms with E-state index in [2.05, 4.69) is 20.3 Å². The Bertz CT molecular complexity index is 99.6. The molecule has 1 radical (unpaired) electrons. The smallest absolute Gasteiger partial charge is 0.0841 e. The second kappa shape index (κ2) is 5.58. The lowest BCUT2D eigenvalue weighted by Crippen LogP contribution is -1.89. The largest absolute Gasteiger partial charge is 0.373 e. The molecule has 0 aromatic heterocycles. The highest BCUT2D eigenvalue weighted by molar-refractivity contribution is 4.85. The van der Waals surface area contributed by atoms with Crippen LogP contribution in [0.4, 0.5) is 0 Å². The van der Waals surface area contributed by atoms with Crippen molar-refractivity contribution in [3.8, 4) is 0 Å². The van der Waals surface area contributed by atoms with Gasteiger partial charge in [0.05, 0.1) is 12.7 Å². The molecule has 0 spiro atoms. The molecule has 1 heteroatoms. The molecule has 1 saturated heterocycles. The van der Waals surface area contributed by atoms with Gasteiger partial charge in [0.25, 0.3) is 0 Å². The summed E-state index contributed by atoms with van der Waals surface area (Å²) in [5, 5.41) is 0. The van der Waals surface area contributed by atoms with Gasteiger partial charge in [0, 0.05) is 0 Å². The Morgan fingerprint density at radius 2 is 2.08 bits per heavy atom. The van der Waals surface area contributed by atoms with E-state index in [-0.39, 0.29) is 0 Å². The Morgan fingerprint density at radius 3 is 2.67 bits per heavy atom. The molecular weight excluding hydrogens is 148 g/mol. The first kappa shape index (κ1) is 10.0. The van der Waals surface area contributed by atoms with Gasteiger partial charge in [-0.25, -0.2) is 0 Å². The lowest BCUT2D eigenvalue weighted by atomic mass is 10.0. The minimum Gasteiger partial charge on any atom is -0.373 e. The van der Waals surface area contributed by atoms with Crippen LogP contribution in [0, 0.1) is 12.3 Å². The number of ether oxygens (including phenoxy) is 1. The molecule has 1 heterocycles. The van der Waals surface area contributed by atoms with Crippen LogP contribution in [0.15, 0.2) is 0 Å². The van der Waals surface area contributed by atoms with E-state index in [0.29, 0.717) is 6.10 Å². The molecule has 1 rings (SSSR count). The van der Waals surface area contributed by atoms with E-state index in [1.807, 2.05) is 0 Å². The van der Waals surface area contributed by atoms with Crippen LogP contribution >= 0.6 is 0 Å². The summed E-state index contributed by atoms with van der Waals surface area (Å²) in [5.41, 5.74) is 0. The van der Waals surface area contributed by atoms with Crippen molar-refractivity contribution in [3.05, 3.63) is 6.42 Å². The Balaban J connectivity index is 1.70. The maximum Gasteiger partial charge on any atom is 0.0841 e. The number of rotatable bonds is 7. The summed E-state index contributed by atoms with van der Waals surface area (Å²) in [6.45, 7) is 5.57. The van der Waals surface area contributed by atoms with Gasteiger partial charge in [-0.3, -0.25) is 0 Å². The molecule has 71 valence electrons. The third-order valence-electron chi connectivity index (χ3n) is 2.27. The van der Waals surface area contributed by atoms with Crippen molar-refractivity contribution in [2.75, 3.05) is 6.61 Å². The molecule has 0 aromatic rings. The summed E-state index contributed by atoms with van der Waals surface area (Å²) >= 11 is 0. The Morgan fingerprint density at radius 1 is 1.33 bits per heavy atom. The predicted octanol–water partition coefficient (Wildman–Crippen LogP) is 3.20. The Labute approximate surface area is 76.5 Å². The van der Waals surface area contributed by atoms with E-state index in [4.69, 9.17) is 4.74 Å². The van der Waals surface area contributed by atoms with Crippen LogP contribution in [-0.2, 0) is 4.74 Å². The number of epoxide rings is 1. The summed E-state index contributed by atoms with van der Waals surface area (Å²) in [6.07, 6.45) is 9.62. The molecule has 0 amide bonds. The van der Waals surface area contributed by atoms with Crippen LogP contribution in [0.3, 0.4) is 0 Å². The van der Waals surface area contributed by atoms with Crippen LogP contribution in [0.5, 0.6) is 0 Å². The molecule has 0 saturated carbocycles. The van der Waals surface area contributed by atoms with Gasteiger partial charge in [-0.2, -0.15) is 0 Å². The van der Waals surface area contributed by atoms with E-state index < -0.39 is 0 Å². The van der Waals surface area contributed by atoms with E-state index in [0.717, 1.165) is 12.5 Å². The SMILES string of the molecule is CC(C)CCCCC[CH]C1CO1. The second-order valence-electron chi connectivity index (χ2n) is 4.14. The first-order valence-electron chi connectivity index (χ1n) is 5.24. The Kier molecular flexibility index (Phi) is 4.67.